The van der Waals surface area contributed by atoms with Gasteiger partial charge >= 0.3 is 6.61 Å². The van der Waals surface area contributed by atoms with E-state index in [0.717, 1.165) is 31.5 Å². The van der Waals surface area contributed by atoms with E-state index >= 15 is 0 Å². The van der Waals surface area contributed by atoms with Crippen molar-refractivity contribution >= 4 is 17.5 Å². The van der Waals surface area contributed by atoms with Crippen molar-refractivity contribution in [2.45, 2.75) is 33.3 Å². The van der Waals surface area contributed by atoms with E-state index in [1.165, 1.54) is 12.1 Å². The Kier molecular flexibility index (Phi) is 6.07. The van der Waals surface area contributed by atoms with Crippen LogP contribution < -0.4 is 20.5 Å². The summed E-state index contributed by atoms with van der Waals surface area (Å²) in [7, 11) is 0. The molecule has 2 aromatic heterocycles. The minimum Gasteiger partial charge on any atom is -0.435 e. The van der Waals surface area contributed by atoms with Crippen LogP contribution in [0.5, 0.6) is 5.75 Å². The fraction of sp³-hybridized carbons (Fsp3) is 0.348. The quantitative estimate of drug-likeness (QED) is 0.572. The summed E-state index contributed by atoms with van der Waals surface area (Å²) < 4.78 is 29.1. The predicted molar refractivity (Wildman–Crippen MR) is 120 cm³/mol. The number of ether oxygens (including phenoxy) is 1. The maximum Gasteiger partial charge on any atom is 0.387 e. The zero-order valence-electron chi connectivity index (χ0n) is 17.9. The Morgan fingerprint density at radius 1 is 1.12 bits per heavy atom. The second kappa shape index (κ2) is 8.94. The van der Waals surface area contributed by atoms with E-state index in [0.29, 0.717) is 28.4 Å². The van der Waals surface area contributed by atoms with Gasteiger partial charge in [0.15, 0.2) is 0 Å². The summed E-state index contributed by atoms with van der Waals surface area (Å²) in [5, 5.41) is 3.07. The molecule has 0 bridgehead atoms. The molecule has 1 aliphatic heterocycles. The molecule has 1 aliphatic rings. The highest BCUT2D eigenvalue weighted by Gasteiger charge is 2.26. The summed E-state index contributed by atoms with van der Waals surface area (Å²) in [5.41, 5.74) is 1.80. The number of hydrogen-bond acceptors (Lipinski definition) is 6. The lowest BCUT2D eigenvalue weighted by Crippen LogP contribution is -2.38. The number of nitrogens with one attached hydrogen (secondary N) is 2. The SMILES string of the molecule is CC1(C)CCN(c2nccc(Nc3cc(-c4ccc(OC(F)F)cc4)c[nH]c3=O)n2)CC1. The average molecular weight is 441 g/mol. The van der Waals surface area contributed by atoms with Gasteiger partial charge in [-0.2, -0.15) is 13.8 Å². The van der Waals surface area contributed by atoms with Gasteiger partial charge < -0.3 is 19.9 Å². The summed E-state index contributed by atoms with van der Waals surface area (Å²) in [5.74, 6) is 1.22. The highest BCUT2D eigenvalue weighted by Crippen LogP contribution is 2.31. The zero-order chi connectivity index (χ0) is 22.7. The van der Waals surface area contributed by atoms with Gasteiger partial charge in [0, 0.05) is 31.0 Å². The first-order valence-corrected chi connectivity index (χ1v) is 10.4. The number of H-pyrrole nitrogens is 1. The number of rotatable bonds is 6. The number of piperidine rings is 1. The fourth-order valence-electron chi connectivity index (χ4n) is 3.59. The molecule has 32 heavy (non-hydrogen) atoms. The molecule has 0 atom stereocenters. The summed E-state index contributed by atoms with van der Waals surface area (Å²) in [6.07, 6.45) is 5.37. The van der Waals surface area contributed by atoms with Crippen LogP contribution in [0.15, 0.2) is 53.6 Å². The molecule has 0 spiro atoms. The van der Waals surface area contributed by atoms with Gasteiger partial charge in [-0.05, 0) is 48.1 Å². The molecule has 0 saturated carbocycles. The summed E-state index contributed by atoms with van der Waals surface area (Å²) in [6, 6.07) is 9.60. The van der Waals surface area contributed by atoms with E-state index in [4.69, 9.17) is 0 Å². The van der Waals surface area contributed by atoms with E-state index in [1.54, 1.807) is 36.7 Å². The van der Waals surface area contributed by atoms with E-state index in [2.05, 4.69) is 43.8 Å². The standard InChI is InChI=1S/C23H25F2N5O2/c1-23(2)8-11-30(12-9-23)22-26-10-7-19(29-22)28-18-13-16(14-27-20(18)31)15-3-5-17(6-4-15)32-21(24)25/h3-7,10,13-14,21H,8-9,11-12H2,1-2H3,(H,27,31)(H,26,28,29). The largest absolute Gasteiger partial charge is 0.435 e. The van der Waals surface area contributed by atoms with Gasteiger partial charge in [-0.3, -0.25) is 4.79 Å². The van der Waals surface area contributed by atoms with Gasteiger partial charge in [-0.15, -0.1) is 0 Å². The average Bonchev–Trinajstić information content (AvgIpc) is 2.76. The first-order valence-electron chi connectivity index (χ1n) is 10.4. The first kappa shape index (κ1) is 21.7. The van der Waals surface area contributed by atoms with Crippen molar-refractivity contribution in [3.63, 3.8) is 0 Å². The monoisotopic (exact) mass is 441 g/mol. The van der Waals surface area contributed by atoms with Gasteiger partial charge in [-0.1, -0.05) is 26.0 Å². The third-order valence-corrected chi connectivity index (χ3v) is 5.62. The summed E-state index contributed by atoms with van der Waals surface area (Å²) in [6.45, 7) is 3.43. The molecule has 1 saturated heterocycles. The number of hydrogen-bond donors (Lipinski definition) is 2. The Balaban J connectivity index is 1.52. The van der Waals surface area contributed by atoms with Crippen molar-refractivity contribution in [1.82, 2.24) is 15.0 Å². The number of halogens is 2. The van der Waals surface area contributed by atoms with Crippen molar-refractivity contribution in [3.8, 4) is 16.9 Å². The Morgan fingerprint density at radius 2 is 1.84 bits per heavy atom. The Hall–Kier alpha value is -3.49. The van der Waals surface area contributed by atoms with Crippen LogP contribution in [0.2, 0.25) is 0 Å². The zero-order valence-corrected chi connectivity index (χ0v) is 17.9. The minimum absolute atomic E-state index is 0.0705. The van der Waals surface area contributed by atoms with Crippen molar-refractivity contribution < 1.29 is 13.5 Å². The third kappa shape index (κ3) is 5.22. The lowest BCUT2D eigenvalue weighted by atomic mass is 9.83. The molecule has 0 unspecified atom stereocenters. The molecule has 7 nitrogen and oxygen atoms in total. The van der Waals surface area contributed by atoms with Crippen molar-refractivity contribution in [2.24, 2.45) is 5.41 Å². The number of nitrogens with zero attached hydrogens (tertiary/aromatic N) is 3. The molecule has 3 aromatic rings. The van der Waals surface area contributed by atoms with Crippen LogP contribution in [0.3, 0.4) is 0 Å². The molecule has 1 fully saturated rings. The molecule has 3 heterocycles. The molecule has 0 radical (unpaired) electrons. The number of anilines is 3. The number of aromatic nitrogens is 3. The van der Waals surface area contributed by atoms with Gasteiger partial charge in [0.05, 0.1) is 0 Å². The molecule has 4 rings (SSSR count). The molecule has 0 amide bonds. The third-order valence-electron chi connectivity index (χ3n) is 5.62. The van der Waals surface area contributed by atoms with Crippen LogP contribution in [-0.4, -0.2) is 34.7 Å². The highest BCUT2D eigenvalue weighted by molar-refractivity contribution is 5.69. The molecule has 168 valence electrons. The Bertz CT molecular complexity index is 1120. The van der Waals surface area contributed by atoms with Crippen LogP contribution in [0, 0.1) is 5.41 Å². The molecular weight excluding hydrogens is 416 g/mol. The van der Waals surface area contributed by atoms with Crippen molar-refractivity contribution in [1.29, 1.82) is 0 Å². The smallest absolute Gasteiger partial charge is 0.387 e. The Labute approximate surface area is 184 Å². The van der Waals surface area contributed by atoms with Gasteiger partial charge in [0.1, 0.15) is 17.3 Å². The maximum atomic E-state index is 12.4. The predicted octanol–water partition coefficient (Wildman–Crippen LogP) is 4.80. The number of alkyl halides is 2. The van der Waals surface area contributed by atoms with E-state index in [9.17, 15) is 13.6 Å². The molecule has 2 N–H and O–H groups in total. The summed E-state index contributed by atoms with van der Waals surface area (Å²) in [4.78, 5) is 26.2. The summed E-state index contributed by atoms with van der Waals surface area (Å²) >= 11 is 0. The van der Waals surface area contributed by atoms with Crippen LogP contribution in [0.25, 0.3) is 11.1 Å². The Morgan fingerprint density at radius 3 is 2.53 bits per heavy atom. The molecular formula is C23H25F2N5O2. The van der Waals surface area contributed by atoms with Crippen molar-refractivity contribution in [2.75, 3.05) is 23.3 Å². The molecule has 0 aliphatic carbocycles. The second-order valence-corrected chi connectivity index (χ2v) is 8.55. The van der Waals surface area contributed by atoms with Crippen LogP contribution in [-0.2, 0) is 0 Å². The number of pyridine rings is 1. The van der Waals surface area contributed by atoms with Crippen LogP contribution >= 0.6 is 0 Å². The normalized spacial score (nSPS) is 15.6. The molecule has 9 heteroatoms. The topological polar surface area (TPSA) is 83.1 Å². The number of benzene rings is 1. The van der Waals surface area contributed by atoms with Gasteiger partial charge in [0.2, 0.25) is 5.95 Å². The number of aromatic amines is 1. The van der Waals surface area contributed by atoms with Crippen LogP contribution in [0.1, 0.15) is 26.7 Å². The molecule has 1 aromatic carbocycles. The fourth-order valence-corrected chi connectivity index (χ4v) is 3.59. The van der Waals surface area contributed by atoms with Crippen LogP contribution in [0.4, 0.5) is 26.2 Å². The second-order valence-electron chi connectivity index (χ2n) is 8.55. The van der Waals surface area contributed by atoms with Gasteiger partial charge in [-0.25, -0.2) is 4.98 Å². The van der Waals surface area contributed by atoms with E-state index < -0.39 is 6.61 Å². The first-order chi connectivity index (χ1) is 15.3. The lowest BCUT2D eigenvalue weighted by Gasteiger charge is -2.36. The van der Waals surface area contributed by atoms with E-state index in [-0.39, 0.29) is 11.3 Å². The van der Waals surface area contributed by atoms with E-state index in [1.807, 2.05) is 0 Å². The highest BCUT2D eigenvalue weighted by atomic mass is 19.3. The lowest BCUT2D eigenvalue weighted by molar-refractivity contribution is -0.0498. The minimum atomic E-state index is -2.88. The maximum absolute atomic E-state index is 12.4. The van der Waals surface area contributed by atoms with Crippen molar-refractivity contribution in [3.05, 3.63) is 59.1 Å². The van der Waals surface area contributed by atoms with Gasteiger partial charge in [0.25, 0.3) is 5.56 Å².